The van der Waals surface area contributed by atoms with Gasteiger partial charge in [0.25, 0.3) is 0 Å². The number of carbonyl (C=O) groups is 1. The van der Waals surface area contributed by atoms with Crippen molar-refractivity contribution >= 4 is 5.97 Å². The first-order chi connectivity index (χ1) is 12.5. The second-order valence-electron chi connectivity index (χ2n) is 6.22. The Bertz CT molecular complexity index is 896. The maximum atomic E-state index is 11.0. The van der Waals surface area contributed by atoms with Gasteiger partial charge in [-0.15, -0.1) is 0 Å². The Balaban J connectivity index is 1.75. The first kappa shape index (κ1) is 17.5. The topological polar surface area (TPSA) is 66.8 Å². The van der Waals surface area contributed by atoms with Gasteiger partial charge in [-0.05, 0) is 59.0 Å². The molecule has 0 aliphatic heterocycles. The monoisotopic (exact) mass is 348 g/mol. The molecule has 0 bridgehead atoms. The zero-order valence-electron chi connectivity index (χ0n) is 14.5. The van der Waals surface area contributed by atoms with Gasteiger partial charge in [0, 0.05) is 13.3 Å². The minimum atomic E-state index is -0.350. The number of phenolic OH excluding ortho intramolecular Hbond substituents is 2. The van der Waals surface area contributed by atoms with Gasteiger partial charge in [-0.25, -0.2) is 0 Å². The molecular formula is C22H20O4. The van der Waals surface area contributed by atoms with Gasteiger partial charge in [-0.2, -0.15) is 0 Å². The van der Waals surface area contributed by atoms with Gasteiger partial charge in [-0.1, -0.05) is 36.4 Å². The van der Waals surface area contributed by atoms with Crippen LogP contribution in [0, 0.1) is 0 Å². The molecule has 0 unspecified atom stereocenters. The summed E-state index contributed by atoms with van der Waals surface area (Å²) in [5.41, 5.74) is 4.02. The molecule has 0 fully saturated rings. The summed E-state index contributed by atoms with van der Waals surface area (Å²) in [6, 6.07) is 19.9. The Morgan fingerprint density at radius 2 is 1.38 bits per heavy atom. The van der Waals surface area contributed by atoms with Crippen molar-refractivity contribution in [3.05, 3.63) is 89.0 Å². The van der Waals surface area contributed by atoms with E-state index in [1.165, 1.54) is 6.92 Å². The number of carbonyl (C=O) groups excluding carboxylic acids is 1. The number of hydrogen-bond acceptors (Lipinski definition) is 4. The van der Waals surface area contributed by atoms with Crippen LogP contribution < -0.4 is 4.74 Å². The van der Waals surface area contributed by atoms with Gasteiger partial charge in [-0.3, -0.25) is 4.79 Å². The summed E-state index contributed by atoms with van der Waals surface area (Å²) in [4.78, 5) is 11.0. The van der Waals surface area contributed by atoms with Crippen LogP contribution in [-0.4, -0.2) is 16.2 Å². The summed E-state index contributed by atoms with van der Waals surface area (Å²) in [7, 11) is 0. The minimum absolute atomic E-state index is 0.248. The van der Waals surface area contributed by atoms with Crippen LogP contribution in [0.3, 0.4) is 0 Å². The van der Waals surface area contributed by atoms with Crippen molar-refractivity contribution in [3.63, 3.8) is 0 Å². The third-order valence-corrected chi connectivity index (χ3v) is 4.07. The number of rotatable bonds is 5. The maximum Gasteiger partial charge on any atom is 0.308 e. The molecule has 4 heteroatoms. The summed E-state index contributed by atoms with van der Waals surface area (Å²) >= 11 is 0. The SMILES string of the molecule is CC(=O)Oc1ccc(Cc2cc(Cc3ccc(O)cc3)ccc2O)cc1. The van der Waals surface area contributed by atoms with E-state index in [-0.39, 0.29) is 17.5 Å². The van der Waals surface area contributed by atoms with Crippen molar-refractivity contribution in [1.29, 1.82) is 0 Å². The minimum Gasteiger partial charge on any atom is -0.508 e. The molecular weight excluding hydrogens is 328 g/mol. The molecule has 3 aromatic carbocycles. The third-order valence-electron chi connectivity index (χ3n) is 4.07. The van der Waals surface area contributed by atoms with Crippen LogP contribution >= 0.6 is 0 Å². The van der Waals surface area contributed by atoms with Crippen molar-refractivity contribution in [1.82, 2.24) is 0 Å². The van der Waals surface area contributed by atoms with E-state index in [9.17, 15) is 15.0 Å². The molecule has 0 aliphatic rings. The van der Waals surface area contributed by atoms with Crippen LogP contribution in [0.2, 0.25) is 0 Å². The lowest BCUT2D eigenvalue weighted by Crippen LogP contribution is -2.01. The lowest BCUT2D eigenvalue weighted by atomic mass is 9.98. The van der Waals surface area contributed by atoms with Crippen molar-refractivity contribution in [3.8, 4) is 17.2 Å². The Hall–Kier alpha value is -3.27. The number of phenols is 2. The van der Waals surface area contributed by atoms with Crippen molar-refractivity contribution in [2.75, 3.05) is 0 Å². The van der Waals surface area contributed by atoms with Crippen LogP contribution in [0.4, 0.5) is 0 Å². The molecule has 3 rings (SSSR count). The Morgan fingerprint density at radius 3 is 2.04 bits per heavy atom. The van der Waals surface area contributed by atoms with Crippen LogP contribution in [0.25, 0.3) is 0 Å². The first-order valence-electron chi connectivity index (χ1n) is 8.35. The normalized spacial score (nSPS) is 10.5. The van der Waals surface area contributed by atoms with E-state index in [0.717, 1.165) is 28.7 Å². The molecule has 0 atom stereocenters. The molecule has 0 amide bonds. The van der Waals surface area contributed by atoms with Crippen molar-refractivity contribution in [2.45, 2.75) is 19.8 Å². The molecule has 26 heavy (non-hydrogen) atoms. The van der Waals surface area contributed by atoms with Gasteiger partial charge < -0.3 is 14.9 Å². The molecule has 0 aliphatic carbocycles. The molecule has 0 spiro atoms. The fourth-order valence-corrected chi connectivity index (χ4v) is 2.80. The lowest BCUT2D eigenvalue weighted by molar-refractivity contribution is -0.131. The van der Waals surface area contributed by atoms with Crippen LogP contribution in [0.5, 0.6) is 17.2 Å². The lowest BCUT2D eigenvalue weighted by Gasteiger charge is -2.09. The second-order valence-corrected chi connectivity index (χ2v) is 6.22. The zero-order chi connectivity index (χ0) is 18.5. The first-order valence-corrected chi connectivity index (χ1v) is 8.35. The zero-order valence-corrected chi connectivity index (χ0v) is 14.5. The average Bonchev–Trinajstić information content (AvgIpc) is 2.61. The highest BCUT2D eigenvalue weighted by molar-refractivity contribution is 5.69. The van der Waals surface area contributed by atoms with E-state index in [2.05, 4.69) is 0 Å². The number of esters is 1. The van der Waals surface area contributed by atoms with Crippen molar-refractivity contribution < 1.29 is 19.7 Å². The molecule has 2 N–H and O–H groups in total. The standard InChI is InChI=1S/C22H20O4/c1-15(23)26-21-9-4-17(5-10-21)13-19-14-18(6-11-22(19)25)12-16-2-7-20(24)8-3-16/h2-11,14,24-25H,12-13H2,1H3. The second kappa shape index (κ2) is 7.74. The van der Waals surface area contributed by atoms with Gasteiger partial charge >= 0.3 is 5.97 Å². The predicted octanol–water partition coefficient (Wildman–Crippen LogP) is 4.20. The Morgan fingerprint density at radius 1 is 0.808 bits per heavy atom. The summed E-state index contributed by atoms with van der Waals surface area (Å²) in [5.74, 6) is 0.657. The summed E-state index contributed by atoms with van der Waals surface area (Å²) < 4.78 is 5.03. The predicted molar refractivity (Wildman–Crippen MR) is 99.6 cm³/mol. The highest BCUT2D eigenvalue weighted by Gasteiger charge is 2.06. The highest BCUT2D eigenvalue weighted by atomic mass is 16.5. The van der Waals surface area contributed by atoms with E-state index >= 15 is 0 Å². The molecule has 0 heterocycles. The number of benzene rings is 3. The van der Waals surface area contributed by atoms with Gasteiger partial charge in [0.1, 0.15) is 17.2 Å². The molecule has 0 saturated carbocycles. The summed E-state index contributed by atoms with van der Waals surface area (Å²) in [5, 5.41) is 19.5. The number of hydrogen-bond donors (Lipinski definition) is 2. The molecule has 132 valence electrons. The van der Waals surface area contributed by atoms with E-state index < -0.39 is 0 Å². The van der Waals surface area contributed by atoms with Gasteiger partial charge in [0.05, 0.1) is 0 Å². The average molecular weight is 348 g/mol. The van der Waals surface area contributed by atoms with Crippen LogP contribution in [0.1, 0.15) is 29.2 Å². The summed E-state index contributed by atoms with van der Waals surface area (Å²) in [6.07, 6.45) is 1.30. The smallest absolute Gasteiger partial charge is 0.308 e. The molecule has 3 aromatic rings. The largest absolute Gasteiger partial charge is 0.508 e. The number of aromatic hydroxyl groups is 2. The van der Waals surface area contributed by atoms with Crippen LogP contribution in [0.15, 0.2) is 66.7 Å². The molecule has 0 radical (unpaired) electrons. The number of ether oxygens (including phenoxy) is 1. The van der Waals surface area contributed by atoms with Crippen molar-refractivity contribution in [2.24, 2.45) is 0 Å². The molecule has 4 nitrogen and oxygen atoms in total. The van der Waals surface area contributed by atoms with Gasteiger partial charge in [0.2, 0.25) is 0 Å². The highest BCUT2D eigenvalue weighted by Crippen LogP contribution is 2.24. The van der Waals surface area contributed by atoms with E-state index in [0.29, 0.717) is 12.2 Å². The Labute approximate surface area is 152 Å². The fourth-order valence-electron chi connectivity index (χ4n) is 2.80. The maximum absolute atomic E-state index is 11.0. The Kier molecular flexibility index (Phi) is 5.23. The quantitative estimate of drug-likeness (QED) is 0.535. The van der Waals surface area contributed by atoms with E-state index in [1.807, 2.05) is 36.4 Å². The van der Waals surface area contributed by atoms with Gasteiger partial charge in [0.15, 0.2) is 0 Å². The van der Waals surface area contributed by atoms with E-state index in [4.69, 9.17) is 4.74 Å². The summed E-state index contributed by atoms with van der Waals surface area (Å²) in [6.45, 7) is 1.37. The van der Waals surface area contributed by atoms with Crippen LogP contribution in [-0.2, 0) is 17.6 Å². The fraction of sp³-hybridized carbons (Fsp3) is 0.136. The van der Waals surface area contributed by atoms with E-state index in [1.54, 1.807) is 30.3 Å². The molecule has 0 saturated heterocycles. The third kappa shape index (κ3) is 4.63. The molecule has 0 aromatic heterocycles.